The number of amides is 2. The maximum absolute atomic E-state index is 12.0. The number of hydrogen-bond acceptors (Lipinski definition) is 6. The number of methoxy groups -OCH3 is 1. The van der Waals surface area contributed by atoms with Crippen LogP contribution in [0.1, 0.15) is 46.5 Å². The first-order valence-corrected chi connectivity index (χ1v) is 10.2. The van der Waals surface area contributed by atoms with Crippen molar-refractivity contribution in [2.45, 2.75) is 76.0 Å². The monoisotopic (exact) mass is 403 g/mol. The average molecular weight is 404 g/mol. The Morgan fingerprint density at radius 3 is 2.63 bits per heavy atom. The van der Waals surface area contributed by atoms with E-state index in [-0.39, 0.29) is 35.2 Å². The molecule has 1 N–H and O–H groups in total. The topological polar surface area (TPSA) is 89.7 Å². The SMILES string of the molecule is CO[C@H]1[C@H](C2(C)O[C@H]2CCC(C)C)[C@]2(CC[C@H]1OC(=O)NC(=O)CCl)CO2. The third-order valence-electron chi connectivity index (χ3n) is 6.12. The molecule has 2 aliphatic heterocycles. The van der Waals surface area contributed by atoms with Gasteiger partial charge in [0.05, 0.1) is 18.6 Å². The normalized spacial score (nSPS) is 40.1. The van der Waals surface area contributed by atoms with Gasteiger partial charge in [0.1, 0.15) is 29.3 Å². The first kappa shape index (κ1) is 20.8. The van der Waals surface area contributed by atoms with E-state index in [2.05, 4.69) is 26.1 Å². The molecule has 2 heterocycles. The van der Waals surface area contributed by atoms with Crippen LogP contribution in [0.4, 0.5) is 4.79 Å². The Morgan fingerprint density at radius 2 is 2.07 bits per heavy atom. The first-order valence-electron chi connectivity index (χ1n) is 9.66. The smallest absolute Gasteiger partial charge is 0.414 e. The van der Waals surface area contributed by atoms with Crippen molar-refractivity contribution >= 4 is 23.6 Å². The van der Waals surface area contributed by atoms with Crippen LogP contribution < -0.4 is 5.32 Å². The van der Waals surface area contributed by atoms with Crippen LogP contribution >= 0.6 is 11.6 Å². The number of carbonyl (C=O) groups is 2. The maximum atomic E-state index is 12.0. The van der Waals surface area contributed by atoms with Gasteiger partial charge in [-0.2, -0.15) is 0 Å². The highest BCUT2D eigenvalue weighted by Crippen LogP contribution is 2.59. The van der Waals surface area contributed by atoms with Crippen LogP contribution in [-0.4, -0.2) is 61.1 Å². The summed E-state index contributed by atoms with van der Waals surface area (Å²) < 4.78 is 23.3. The summed E-state index contributed by atoms with van der Waals surface area (Å²) in [5.41, 5.74) is -0.610. The zero-order valence-electron chi connectivity index (χ0n) is 16.5. The highest BCUT2D eigenvalue weighted by Gasteiger charge is 2.72. The van der Waals surface area contributed by atoms with Crippen LogP contribution in [0, 0.1) is 11.8 Å². The van der Waals surface area contributed by atoms with Crippen LogP contribution in [-0.2, 0) is 23.7 Å². The molecule has 2 saturated heterocycles. The number of imide groups is 1. The summed E-state index contributed by atoms with van der Waals surface area (Å²) in [7, 11) is 1.62. The molecule has 3 fully saturated rings. The van der Waals surface area contributed by atoms with Crippen molar-refractivity contribution in [1.82, 2.24) is 5.32 Å². The average Bonchev–Trinajstić information content (AvgIpc) is 3.52. The van der Waals surface area contributed by atoms with Crippen LogP contribution in [0.2, 0.25) is 0 Å². The zero-order valence-corrected chi connectivity index (χ0v) is 17.2. The van der Waals surface area contributed by atoms with Gasteiger partial charge in [-0.15, -0.1) is 11.6 Å². The van der Waals surface area contributed by atoms with E-state index in [4.69, 9.17) is 30.5 Å². The molecule has 8 heteroatoms. The van der Waals surface area contributed by atoms with Gasteiger partial charge in [0, 0.05) is 7.11 Å². The molecule has 1 saturated carbocycles. The van der Waals surface area contributed by atoms with Crippen LogP contribution in [0.15, 0.2) is 0 Å². The highest BCUT2D eigenvalue weighted by atomic mass is 35.5. The maximum Gasteiger partial charge on any atom is 0.414 e. The van der Waals surface area contributed by atoms with Crippen LogP contribution in [0.25, 0.3) is 0 Å². The summed E-state index contributed by atoms with van der Waals surface area (Å²) in [6.45, 7) is 7.19. The van der Waals surface area contributed by atoms with Crippen molar-refractivity contribution in [1.29, 1.82) is 0 Å². The third-order valence-corrected chi connectivity index (χ3v) is 6.37. The Morgan fingerprint density at radius 1 is 1.37 bits per heavy atom. The summed E-state index contributed by atoms with van der Waals surface area (Å²) in [5, 5.41) is 2.12. The summed E-state index contributed by atoms with van der Waals surface area (Å²) in [4.78, 5) is 23.3. The standard InChI is InChI=1S/C19H30ClNO6/c1-11(2)5-6-13-18(3,27-13)16-15(24-4)12(7-8-19(16)10-25-19)26-17(23)21-14(22)9-20/h11-13,15-16H,5-10H2,1-4H3,(H,21,22,23)/t12-,13+,15-,16-,18?,19+/m1/s1. The van der Waals surface area contributed by atoms with Gasteiger partial charge in [-0.1, -0.05) is 13.8 Å². The molecule has 0 aromatic carbocycles. The highest BCUT2D eigenvalue weighted by molar-refractivity contribution is 6.28. The van der Waals surface area contributed by atoms with Gasteiger partial charge in [0.25, 0.3) is 0 Å². The van der Waals surface area contributed by atoms with E-state index in [1.807, 2.05) is 0 Å². The molecular formula is C19H30ClNO6. The Labute approximate surface area is 165 Å². The molecule has 1 unspecified atom stereocenters. The lowest BCUT2D eigenvalue weighted by atomic mass is 9.68. The molecule has 3 rings (SSSR count). The number of alkyl carbamates (subject to hydrolysis) is 1. The van der Waals surface area contributed by atoms with Crippen LogP contribution in [0.5, 0.6) is 0 Å². The minimum Gasteiger partial charge on any atom is -0.443 e. The third kappa shape index (κ3) is 4.26. The van der Waals surface area contributed by atoms with Gasteiger partial charge in [0.15, 0.2) is 0 Å². The second-order valence-corrected chi connectivity index (χ2v) is 8.72. The van der Waals surface area contributed by atoms with E-state index in [0.717, 1.165) is 19.3 Å². The molecule has 0 aromatic heterocycles. The Balaban J connectivity index is 1.70. The van der Waals surface area contributed by atoms with E-state index in [0.29, 0.717) is 18.9 Å². The van der Waals surface area contributed by atoms with Crippen molar-refractivity contribution < 1.29 is 28.5 Å². The summed E-state index contributed by atoms with van der Waals surface area (Å²) in [6.07, 6.45) is 2.02. The Bertz CT molecular complexity index is 581. The van der Waals surface area contributed by atoms with Crippen LogP contribution in [0.3, 0.4) is 0 Å². The lowest BCUT2D eigenvalue weighted by Crippen LogP contribution is -2.56. The van der Waals surface area contributed by atoms with Gasteiger partial charge in [-0.3, -0.25) is 10.1 Å². The van der Waals surface area contributed by atoms with Gasteiger partial charge in [0.2, 0.25) is 5.91 Å². The van der Waals surface area contributed by atoms with Crippen molar-refractivity contribution in [3.63, 3.8) is 0 Å². The summed E-state index contributed by atoms with van der Waals surface area (Å²) in [5.74, 6) is -0.289. The molecule has 7 nitrogen and oxygen atoms in total. The number of rotatable bonds is 7. The molecule has 0 aromatic rings. The lowest BCUT2D eigenvalue weighted by molar-refractivity contribution is -0.124. The fourth-order valence-electron chi connectivity index (χ4n) is 4.59. The molecule has 3 aliphatic rings. The molecule has 0 bridgehead atoms. The zero-order chi connectivity index (χ0) is 19.8. The fourth-order valence-corrected chi connectivity index (χ4v) is 4.66. The summed E-state index contributed by atoms with van der Waals surface area (Å²) >= 11 is 5.42. The number of alkyl halides is 1. The predicted molar refractivity (Wildman–Crippen MR) is 98.7 cm³/mol. The van der Waals surface area contributed by atoms with E-state index in [1.165, 1.54) is 0 Å². The van der Waals surface area contributed by atoms with Crippen molar-refractivity contribution in [3.05, 3.63) is 0 Å². The molecule has 1 aliphatic carbocycles. The minimum atomic E-state index is -0.794. The van der Waals surface area contributed by atoms with E-state index >= 15 is 0 Å². The van der Waals surface area contributed by atoms with Gasteiger partial charge >= 0.3 is 6.09 Å². The van der Waals surface area contributed by atoms with Crippen molar-refractivity contribution in [2.75, 3.05) is 19.6 Å². The number of carbonyl (C=O) groups excluding carboxylic acids is 2. The van der Waals surface area contributed by atoms with Crippen molar-refractivity contribution in [2.24, 2.45) is 11.8 Å². The Hall–Kier alpha value is -0.890. The Kier molecular flexibility index (Phi) is 6.06. The number of epoxide rings is 2. The lowest BCUT2D eigenvalue weighted by Gasteiger charge is -2.42. The molecule has 6 atom stereocenters. The van der Waals surface area contributed by atoms with Gasteiger partial charge < -0.3 is 18.9 Å². The molecule has 2 amide bonds. The molecular weight excluding hydrogens is 374 g/mol. The van der Waals surface area contributed by atoms with Gasteiger partial charge in [-0.05, 0) is 38.5 Å². The largest absolute Gasteiger partial charge is 0.443 e. The number of halogens is 1. The molecule has 154 valence electrons. The van der Waals surface area contributed by atoms with E-state index < -0.39 is 18.1 Å². The van der Waals surface area contributed by atoms with Gasteiger partial charge in [-0.25, -0.2) is 4.79 Å². The number of hydrogen-bond donors (Lipinski definition) is 1. The quantitative estimate of drug-likeness (QED) is 0.519. The molecule has 0 radical (unpaired) electrons. The predicted octanol–water partition coefficient (Wildman–Crippen LogP) is 2.63. The molecule has 1 spiro atoms. The van der Waals surface area contributed by atoms with Crippen molar-refractivity contribution in [3.8, 4) is 0 Å². The number of ether oxygens (including phenoxy) is 4. The summed E-state index contributed by atoms with van der Waals surface area (Å²) in [6, 6.07) is 0. The van der Waals surface area contributed by atoms with E-state index in [1.54, 1.807) is 7.11 Å². The second-order valence-electron chi connectivity index (χ2n) is 8.46. The minimum absolute atomic E-state index is 0.0255. The second kappa shape index (κ2) is 7.85. The first-order chi connectivity index (χ1) is 12.8. The number of nitrogens with one attached hydrogen (secondary N) is 1. The molecule has 27 heavy (non-hydrogen) atoms. The van der Waals surface area contributed by atoms with E-state index in [9.17, 15) is 9.59 Å². The fraction of sp³-hybridized carbons (Fsp3) is 0.895.